The van der Waals surface area contributed by atoms with Crippen LogP contribution in [0.3, 0.4) is 0 Å². The lowest BCUT2D eigenvalue weighted by atomic mass is 9.85. The van der Waals surface area contributed by atoms with Gasteiger partial charge in [-0.1, -0.05) is 72.8 Å². The lowest BCUT2D eigenvalue weighted by Crippen LogP contribution is -2.16. The number of nitrogens with two attached hydrogens (primary N) is 1. The Morgan fingerprint density at radius 3 is 2.20 bits per heavy atom. The molecule has 5 rings (SSSR count). The molecule has 2 heterocycles. The predicted octanol–water partition coefficient (Wildman–Crippen LogP) is 4.88. The van der Waals surface area contributed by atoms with Gasteiger partial charge < -0.3 is 4.98 Å². The van der Waals surface area contributed by atoms with Crippen molar-refractivity contribution in [3.05, 3.63) is 125 Å². The molecule has 0 aliphatic heterocycles. The van der Waals surface area contributed by atoms with E-state index < -0.39 is 10.0 Å². The summed E-state index contributed by atoms with van der Waals surface area (Å²) in [5, 5.41) is 5.64. The third-order valence-corrected chi connectivity index (χ3v) is 7.24. The van der Waals surface area contributed by atoms with Gasteiger partial charge in [0.05, 0.1) is 16.1 Å². The minimum Gasteiger partial charge on any atom is -0.342 e. The van der Waals surface area contributed by atoms with E-state index >= 15 is 0 Å². The van der Waals surface area contributed by atoms with Gasteiger partial charge in [0.15, 0.2) is 0 Å². The molecule has 0 amide bonds. The highest BCUT2D eigenvalue weighted by molar-refractivity contribution is 7.89. The summed E-state index contributed by atoms with van der Waals surface area (Å²) < 4.78 is 25.0. The van der Waals surface area contributed by atoms with Gasteiger partial charge in [-0.15, -0.1) is 0 Å². The van der Waals surface area contributed by atoms with Gasteiger partial charge in [0, 0.05) is 18.5 Å². The highest BCUT2D eigenvalue weighted by Crippen LogP contribution is 2.31. The lowest BCUT2D eigenvalue weighted by molar-refractivity contribution is 0.596. The summed E-state index contributed by atoms with van der Waals surface area (Å²) >= 11 is 0. The SMILES string of the molecule is Cc1nc2c(Cc3ccc(S(N)(=O)=O)c(CC(c4ccccc4)c4ccccc4)c3)nccc2[nH]1. The molecule has 0 spiro atoms. The van der Waals surface area contributed by atoms with Crippen molar-refractivity contribution in [1.29, 1.82) is 0 Å². The number of sulfonamides is 1. The van der Waals surface area contributed by atoms with Crippen LogP contribution in [-0.2, 0) is 22.9 Å². The van der Waals surface area contributed by atoms with Gasteiger partial charge in [0.1, 0.15) is 11.3 Å². The third-order valence-electron chi connectivity index (χ3n) is 6.23. The van der Waals surface area contributed by atoms with E-state index in [-0.39, 0.29) is 10.8 Å². The Bertz CT molecular complexity index is 1540. The number of hydrogen-bond acceptors (Lipinski definition) is 4. The first-order valence-electron chi connectivity index (χ1n) is 11.4. The normalized spacial score (nSPS) is 11.9. The maximum Gasteiger partial charge on any atom is 0.238 e. The molecule has 35 heavy (non-hydrogen) atoms. The van der Waals surface area contributed by atoms with Crippen molar-refractivity contribution >= 4 is 21.1 Å². The van der Waals surface area contributed by atoms with E-state index in [1.54, 1.807) is 12.3 Å². The zero-order chi connectivity index (χ0) is 24.4. The van der Waals surface area contributed by atoms with E-state index in [0.717, 1.165) is 39.2 Å². The molecular weight excluding hydrogens is 456 g/mol. The molecule has 3 N–H and O–H groups in total. The Balaban J connectivity index is 1.58. The first-order valence-corrected chi connectivity index (χ1v) is 13.0. The molecule has 6 nitrogen and oxygen atoms in total. The van der Waals surface area contributed by atoms with E-state index in [4.69, 9.17) is 5.14 Å². The zero-order valence-corrected chi connectivity index (χ0v) is 20.2. The molecule has 0 fully saturated rings. The average molecular weight is 483 g/mol. The Labute approximate surface area is 204 Å². The topological polar surface area (TPSA) is 102 Å². The van der Waals surface area contributed by atoms with Crippen molar-refractivity contribution in [1.82, 2.24) is 15.0 Å². The first-order chi connectivity index (χ1) is 16.9. The van der Waals surface area contributed by atoms with E-state index in [9.17, 15) is 8.42 Å². The number of primary sulfonamides is 1. The molecule has 0 saturated heterocycles. The Kier molecular flexibility index (Phi) is 6.19. The lowest BCUT2D eigenvalue weighted by Gasteiger charge is -2.20. The van der Waals surface area contributed by atoms with Crippen LogP contribution in [0.4, 0.5) is 0 Å². The number of nitrogens with zero attached hydrogens (tertiary/aromatic N) is 2. The van der Waals surface area contributed by atoms with Crippen LogP contribution in [-0.4, -0.2) is 23.4 Å². The number of aryl methyl sites for hydroxylation is 1. The van der Waals surface area contributed by atoms with Gasteiger partial charge in [-0.3, -0.25) is 4.98 Å². The van der Waals surface area contributed by atoms with E-state index in [0.29, 0.717) is 18.4 Å². The van der Waals surface area contributed by atoms with E-state index in [1.807, 2.05) is 61.5 Å². The number of aromatic amines is 1. The number of benzene rings is 3. The molecule has 0 saturated carbocycles. The molecule has 3 aromatic carbocycles. The second-order valence-corrected chi connectivity index (χ2v) is 10.2. The molecule has 0 aliphatic rings. The standard InChI is InChI=1S/C28H26N4O2S/c1-19-31-25-14-15-30-26(28(25)32-19)17-20-12-13-27(35(29,33)34)23(16-20)18-24(21-8-4-2-5-9-21)22-10-6-3-7-11-22/h2-16,24H,17-18H2,1H3,(H,31,32)(H2,29,33,34). The molecule has 0 unspecified atom stereocenters. The summed E-state index contributed by atoms with van der Waals surface area (Å²) in [7, 11) is -3.90. The summed E-state index contributed by atoms with van der Waals surface area (Å²) in [5.74, 6) is 0.803. The fourth-order valence-electron chi connectivity index (χ4n) is 4.63. The van der Waals surface area contributed by atoms with Crippen LogP contribution in [0, 0.1) is 6.92 Å². The molecule has 0 radical (unpaired) electrons. The molecule has 0 aliphatic carbocycles. The number of pyridine rings is 1. The van der Waals surface area contributed by atoms with Crippen molar-refractivity contribution in [2.45, 2.75) is 30.6 Å². The van der Waals surface area contributed by atoms with Gasteiger partial charge in [-0.25, -0.2) is 18.5 Å². The second kappa shape index (κ2) is 9.44. The monoisotopic (exact) mass is 482 g/mol. The van der Waals surface area contributed by atoms with Crippen molar-refractivity contribution in [2.24, 2.45) is 5.14 Å². The minimum atomic E-state index is -3.90. The summed E-state index contributed by atoms with van der Waals surface area (Å²) in [4.78, 5) is 12.5. The Morgan fingerprint density at radius 2 is 1.57 bits per heavy atom. The first kappa shape index (κ1) is 23.0. The van der Waals surface area contributed by atoms with Gasteiger partial charge in [0.2, 0.25) is 10.0 Å². The molecule has 2 aromatic heterocycles. The number of imidazole rings is 1. The van der Waals surface area contributed by atoms with Crippen LogP contribution in [0.1, 0.15) is 39.7 Å². The van der Waals surface area contributed by atoms with Crippen LogP contribution >= 0.6 is 0 Å². The summed E-state index contributed by atoms with van der Waals surface area (Å²) in [6.07, 6.45) is 2.78. The van der Waals surface area contributed by atoms with Crippen LogP contribution < -0.4 is 5.14 Å². The number of H-pyrrole nitrogens is 1. The zero-order valence-electron chi connectivity index (χ0n) is 19.3. The fraction of sp³-hybridized carbons (Fsp3) is 0.143. The van der Waals surface area contributed by atoms with Crippen molar-refractivity contribution in [3.8, 4) is 0 Å². The van der Waals surface area contributed by atoms with Gasteiger partial charge in [-0.2, -0.15) is 0 Å². The number of fused-ring (bicyclic) bond motifs is 1. The summed E-state index contributed by atoms with van der Waals surface area (Å²) in [6.45, 7) is 1.91. The number of nitrogens with one attached hydrogen (secondary N) is 1. The van der Waals surface area contributed by atoms with Crippen molar-refractivity contribution in [3.63, 3.8) is 0 Å². The van der Waals surface area contributed by atoms with E-state index in [1.165, 1.54) is 0 Å². The predicted molar refractivity (Wildman–Crippen MR) is 138 cm³/mol. The summed E-state index contributed by atoms with van der Waals surface area (Å²) in [6, 6.07) is 27.5. The van der Waals surface area contributed by atoms with Gasteiger partial charge in [0.25, 0.3) is 0 Å². The van der Waals surface area contributed by atoms with Crippen molar-refractivity contribution in [2.75, 3.05) is 0 Å². The second-order valence-electron chi connectivity index (χ2n) is 8.72. The smallest absolute Gasteiger partial charge is 0.238 e. The number of hydrogen-bond donors (Lipinski definition) is 2. The number of rotatable bonds is 7. The van der Waals surface area contributed by atoms with Crippen LogP contribution in [0.15, 0.2) is 96.0 Å². The molecule has 0 bridgehead atoms. The average Bonchev–Trinajstić information content (AvgIpc) is 3.24. The Hall–Kier alpha value is -3.81. The minimum absolute atomic E-state index is 0.0244. The van der Waals surface area contributed by atoms with Crippen LogP contribution in [0.25, 0.3) is 11.0 Å². The largest absolute Gasteiger partial charge is 0.342 e. The van der Waals surface area contributed by atoms with Crippen molar-refractivity contribution < 1.29 is 8.42 Å². The van der Waals surface area contributed by atoms with E-state index in [2.05, 4.69) is 39.2 Å². The highest BCUT2D eigenvalue weighted by Gasteiger charge is 2.21. The molecule has 5 aromatic rings. The van der Waals surface area contributed by atoms with Gasteiger partial charge >= 0.3 is 0 Å². The molecule has 176 valence electrons. The molecule has 7 heteroatoms. The van der Waals surface area contributed by atoms with Crippen LogP contribution in [0.5, 0.6) is 0 Å². The molecular formula is C28H26N4O2S. The fourth-order valence-corrected chi connectivity index (χ4v) is 5.40. The van der Waals surface area contributed by atoms with Gasteiger partial charge in [-0.05, 0) is 47.7 Å². The maximum absolute atomic E-state index is 12.5. The Morgan fingerprint density at radius 1 is 0.914 bits per heavy atom. The summed E-state index contributed by atoms with van der Waals surface area (Å²) in [5.41, 5.74) is 6.46. The quantitative estimate of drug-likeness (QED) is 0.345. The van der Waals surface area contributed by atoms with Crippen LogP contribution in [0.2, 0.25) is 0 Å². The maximum atomic E-state index is 12.5. The highest BCUT2D eigenvalue weighted by atomic mass is 32.2. The third kappa shape index (κ3) is 5.01. The molecule has 0 atom stereocenters. The number of aromatic nitrogens is 3.